The van der Waals surface area contributed by atoms with Crippen LogP contribution in [0.15, 0.2) is 18.2 Å². The lowest BCUT2D eigenvalue weighted by Gasteiger charge is -2.24. The van der Waals surface area contributed by atoms with Gasteiger partial charge in [0.1, 0.15) is 0 Å². The molecule has 0 radical (unpaired) electrons. The van der Waals surface area contributed by atoms with Crippen LogP contribution < -0.4 is 4.90 Å². The zero-order chi connectivity index (χ0) is 16.1. The number of non-ortho nitro benzene ring substituents is 1. The van der Waals surface area contributed by atoms with Crippen LogP contribution in [0, 0.1) is 10.1 Å². The Morgan fingerprint density at radius 1 is 1.18 bits per heavy atom. The summed E-state index contributed by atoms with van der Waals surface area (Å²) < 4.78 is 0. The third kappa shape index (κ3) is 3.16. The van der Waals surface area contributed by atoms with Crippen LogP contribution >= 0.6 is 0 Å². The molecule has 118 valence electrons. The Bertz CT molecular complexity index is 668. The molecule has 0 aliphatic carbocycles. The van der Waals surface area contributed by atoms with Crippen molar-refractivity contribution in [3.8, 4) is 0 Å². The number of nitro groups is 1. The first-order valence-corrected chi connectivity index (χ1v) is 7.80. The highest BCUT2D eigenvalue weighted by Crippen LogP contribution is 2.31. The van der Waals surface area contributed by atoms with Gasteiger partial charge < -0.3 is 4.90 Å². The van der Waals surface area contributed by atoms with Crippen molar-refractivity contribution in [3.05, 3.63) is 34.0 Å². The van der Waals surface area contributed by atoms with Crippen LogP contribution in [0.1, 0.15) is 39.3 Å². The maximum atomic E-state index is 11.1. The molecule has 0 bridgehead atoms. The van der Waals surface area contributed by atoms with E-state index in [2.05, 4.69) is 35.9 Å². The number of hydrogen-bond acceptors (Lipinski definition) is 5. The number of aryl methyl sites for hydroxylation is 1. The summed E-state index contributed by atoms with van der Waals surface area (Å²) in [6.45, 7) is 7.96. The summed E-state index contributed by atoms with van der Waals surface area (Å²) >= 11 is 0. The third-order valence-electron chi connectivity index (χ3n) is 3.84. The fourth-order valence-electron chi connectivity index (χ4n) is 2.64. The molecule has 0 atom stereocenters. The molecule has 1 aromatic heterocycles. The summed E-state index contributed by atoms with van der Waals surface area (Å²) in [4.78, 5) is 12.9. The van der Waals surface area contributed by atoms with Gasteiger partial charge in [-0.15, -0.1) is 0 Å². The van der Waals surface area contributed by atoms with Gasteiger partial charge >= 0.3 is 0 Å². The van der Waals surface area contributed by atoms with Crippen LogP contribution in [0.3, 0.4) is 0 Å². The topological polar surface area (TPSA) is 72.2 Å². The molecule has 0 spiro atoms. The maximum Gasteiger partial charge on any atom is 0.270 e. The highest BCUT2D eigenvalue weighted by molar-refractivity contribution is 5.94. The average molecular weight is 302 g/mol. The van der Waals surface area contributed by atoms with Crippen molar-refractivity contribution in [1.82, 2.24) is 10.2 Å². The molecule has 22 heavy (non-hydrogen) atoms. The van der Waals surface area contributed by atoms with Crippen molar-refractivity contribution in [3.63, 3.8) is 0 Å². The molecule has 1 heterocycles. The van der Waals surface area contributed by atoms with Crippen molar-refractivity contribution in [2.75, 3.05) is 18.0 Å². The van der Waals surface area contributed by atoms with Crippen molar-refractivity contribution >= 4 is 22.3 Å². The molecular weight excluding hydrogens is 280 g/mol. The van der Waals surface area contributed by atoms with Crippen LogP contribution in [0.5, 0.6) is 0 Å². The quantitative estimate of drug-likeness (QED) is 0.575. The summed E-state index contributed by atoms with van der Waals surface area (Å²) in [6.07, 6.45) is 2.95. The molecular formula is C16H22N4O2. The van der Waals surface area contributed by atoms with Crippen LogP contribution in [-0.2, 0) is 6.42 Å². The molecule has 0 aliphatic rings. The Kier molecular flexibility index (Phi) is 5.25. The second kappa shape index (κ2) is 7.15. The van der Waals surface area contributed by atoms with Gasteiger partial charge in [0.25, 0.3) is 5.69 Å². The Labute approximate surface area is 130 Å². The summed E-state index contributed by atoms with van der Waals surface area (Å²) in [5, 5.41) is 20.5. The minimum atomic E-state index is -0.363. The second-order valence-corrected chi connectivity index (χ2v) is 5.23. The van der Waals surface area contributed by atoms with Gasteiger partial charge in [-0.1, -0.05) is 13.3 Å². The summed E-state index contributed by atoms with van der Waals surface area (Å²) in [6, 6.07) is 4.78. The lowest BCUT2D eigenvalue weighted by atomic mass is 10.1. The first kappa shape index (κ1) is 16.1. The number of nitrogens with zero attached hydrogens (tertiary/aromatic N) is 4. The minimum Gasteiger partial charge on any atom is -0.370 e. The number of benzene rings is 1. The van der Waals surface area contributed by atoms with Crippen LogP contribution in [0.4, 0.5) is 11.4 Å². The van der Waals surface area contributed by atoms with E-state index in [1.54, 1.807) is 12.1 Å². The van der Waals surface area contributed by atoms with Gasteiger partial charge in [-0.05, 0) is 32.8 Å². The van der Waals surface area contributed by atoms with Crippen LogP contribution in [-0.4, -0.2) is 28.2 Å². The number of nitro benzene ring substituents is 1. The standard InChI is InChI=1S/C16H22N4O2/c1-4-7-8-15-16(19(5-2)6-3)13-11-12(20(21)22)9-10-14(13)17-18-15/h9-11H,4-8H2,1-3H3. The molecule has 2 rings (SSSR count). The molecule has 6 heteroatoms. The summed E-state index contributed by atoms with van der Waals surface area (Å²) in [5.41, 5.74) is 2.72. The van der Waals surface area contributed by atoms with Crippen molar-refractivity contribution in [2.45, 2.75) is 40.0 Å². The molecule has 0 amide bonds. The number of rotatable bonds is 7. The Hall–Kier alpha value is -2.24. The molecule has 0 fully saturated rings. The van der Waals surface area contributed by atoms with Gasteiger partial charge in [0.2, 0.25) is 0 Å². The normalized spacial score (nSPS) is 10.9. The van der Waals surface area contributed by atoms with Crippen molar-refractivity contribution in [2.24, 2.45) is 0 Å². The van der Waals surface area contributed by atoms with Gasteiger partial charge in [-0.25, -0.2) is 0 Å². The van der Waals surface area contributed by atoms with Gasteiger partial charge in [0.15, 0.2) is 0 Å². The average Bonchev–Trinajstić information content (AvgIpc) is 2.54. The van der Waals surface area contributed by atoms with Gasteiger partial charge in [-0.3, -0.25) is 10.1 Å². The van der Waals surface area contributed by atoms with Gasteiger partial charge in [-0.2, -0.15) is 10.2 Å². The monoisotopic (exact) mass is 302 g/mol. The molecule has 0 saturated heterocycles. The van der Waals surface area contributed by atoms with Gasteiger partial charge in [0.05, 0.1) is 21.8 Å². The number of anilines is 1. The van der Waals surface area contributed by atoms with E-state index in [0.29, 0.717) is 5.52 Å². The lowest BCUT2D eigenvalue weighted by Crippen LogP contribution is -2.24. The first-order valence-electron chi connectivity index (χ1n) is 7.80. The smallest absolute Gasteiger partial charge is 0.270 e. The van der Waals surface area contributed by atoms with Gasteiger partial charge in [0, 0.05) is 30.6 Å². The van der Waals surface area contributed by atoms with Crippen molar-refractivity contribution in [1.29, 1.82) is 0 Å². The second-order valence-electron chi connectivity index (χ2n) is 5.23. The first-order chi connectivity index (χ1) is 10.6. The predicted molar refractivity (Wildman–Crippen MR) is 88.4 cm³/mol. The molecule has 0 saturated carbocycles. The van der Waals surface area contributed by atoms with E-state index in [4.69, 9.17) is 0 Å². The van der Waals surface area contributed by atoms with E-state index in [0.717, 1.165) is 49.1 Å². The van der Waals surface area contributed by atoms with E-state index in [-0.39, 0.29) is 10.6 Å². The van der Waals surface area contributed by atoms with Crippen molar-refractivity contribution < 1.29 is 4.92 Å². The molecule has 0 aliphatic heterocycles. The van der Waals surface area contributed by atoms with Crippen LogP contribution in [0.2, 0.25) is 0 Å². The highest BCUT2D eigenvalue weighted by atomic mass is 16.6. The Morgan fingerprint density at radius 3 is 2.50 bits per heavy atom. The number of unbranched alkanes of at least 4 members (excludes halogenated alkanes) is 1. The zero-order valence-corrected chi connectivity index (χ0v) is 13.4. The van der Waals surface area contributed by atoms with Crippen LogP contribution in [0.25, 0.3) is 10.9 Å². The Balaban J connectivity index is 2.68. The van der Waals surface area contributed by atoms with E-state index < -0.39 is 0 Å². The zero-order valence-electron chi connectivity index (χ0n) is 13.4. The lowest BCUT2D eigenvalue weighted by molar-refractivity contribution is -0.384. The van der Waals surface area contributed by atoms with E-state index in [1.807, 2.05) is 0 Å². The molecule has 0 unspecified atom stereocenters. The fourth-order valence-corrected chi connectivity index (χ4v) is 2.64. The Morgan fingerprint density at radius 2 is 1.91 bits per heavy atom. The molecule has 1 aromatic carbocycles. The minimum absolute atomic E-state index is 0.0929. The summed E-state index contributed by atoms with van der Waals surface area (Å²) in [7, 11) is 0. The highest BCUT2D eigenvalue weighted by Gasteiger charge is 2.17. The molecule has 2 aromatic rings. The van der Waals surface area contributed by atoms with E-state index >= 15 is 0 Å². The molecule has 0 N–H and O–H groups in total. The van der Waals surface area contributed by atoms with E-state index in [9.17, 15) is 10.1 Å². The number of fused-ring (bicyclic) bond motifs is 1. The number of aromatic nitrogens is 2. The SMILES string of the molecule is CCCCc1nnc2ccc([N+](=O)[O-])cc2c1N(CC)CC. The molecule has 6 nitrogen and oxygen atoms in total. The summed E-state index contributed by atoms with van der Waals surface area (Å²) in [5.74, 6) is 0. The third-order valence-corrected chi connectivity index (χ3v) is 3.84. The predicted octanol–water partition coefficient (Wildman–Crippen LogP) is 3.73. The largest absolute Gasteiger partial charge is 0.370 e. The van der Waals surface area contributed by atoms with E-state index in [1.165, 1.54) is 6.07 Å². The fraction of sp³-hybridized carbons (Fsp3) is 0.500. The number of hydrogen-bond donors (Lipinski definition) is 0. The maximum absolute atomic E-state index is 11.1.